The fourth-order valence-corrected chi connectivity index (χ4v) is 2.12. The summed E-state index contributed by atoms with van der Waals surface area (Å²) in [5.41, 5.74) is 0.570. The van der Waals surface area contributed by atoms with E-state index in [1.807, 2.05) is 18.2 Å². The number of benzene rings is 1. The average Bonchev–Trinajstić information content (AvgIpc) is 2.39. The third-order valence-electron chi connectivity index (χ3n) is 3.19. The number of hydrogen-bond donors (Lipinski definition) is 1. The van der Waals surface area contributed by atoms with E-state index in [0.29, 0.717) is 11.4 Å². The van der Waals surface area contributed by atoms with Crippen LogP contribution in [0.25, 0.3) is 0 Å². The minimum Gasteiger partial charge on any atom is -0.479 e. The van der Waals surface area contributed by atoms with E-state index in [2.05, 4.69) is 11.4 Å². The molecule has 5 nitrogen and oxygen atoms in total. The first-order valence-corrected chi connectivity index (χ1v) is 6.14. The predicted octanol–water partition coefficient (Wildman–Crippen LogP) is 2.14. The normalized spacial score (nSPS) is 18.4. The van der Waals surface area contributed by atoms with E-state index in [4.69, 9.17) is 4.74 Å². The zero-order chi connectivity index (χ0) is 14.2. The van der Waals surface area contributed by atoms with Crippen molar-refractivity contribution in [3.8, 4) is 11.8 Å². The fraction of sp³-hybridized carbons (Fsp3) is 0.429. The van der Waals surface area contributed by atoms with Gasteiger partial charge in [0.25, 0.3) is 5.91 Å². The van der Waals surface area contributed by atoms with E-state index in [9.17, 15) is 10.1 Å². The van der Waals surface area contributed by atoms with E-state index in [1.54, 1.807) is 27.8 Å². The molecular formula is C14H17N3O2. The number of rotatable bonds is 2. The first kappa shape index (κ1) is 13.2. The van der Waals surface area contributed by atoms with Crippen molar-refractivity contribution < 1.29 is 9.53 Å². The van der Waals surface area contributed by atoms with Crippen LogP contribution >= 0.6 is 0 Å². The van der Waals surface area contributed by atoms with Crippen LogP contribution in [-0.4, -0.2) is 24.6 Å². The zero-order valence-corrected chi connectivity index (χ0v) is 11.5. The fourth-order valence-electron chi connectivity index (χ4n) is 2.12. The molecule has 1 atom stereocenters. The lowest BCUT2D eigenvalue weighted by Crippen LogP contribution is -2.54. The van der Waals surface area contributed by atoms with Gasteiger partial charge >= 0.3 is 0 Å². The monoisotopic (exact) mass is 259 g/mol. The SMILES string of the molecule is CNc1ccc2c(c1)N(C(C)(C)C#N)C(=O)C(C)O2. The second-order valence-electron chi connectivity index (χ2n) is 5.04. The number of hydrogen-bond acceptors (Lipinski definition) is 4. The number of nitriles is 1. The Morgan fingerprint density at radius 2 is 2.16 bits per heavy atom. The number of carbonyl (C=O) groups is 1. The van der Waals surface area contributed by atoms with Gasteiger partial charge in [-0.3, -0.25) is 9.69 Å². The molecule has 19 heavy (non-hydrogen) atoms. The van der Waals surface area contributed by atoms with Gasteiger partial charge in [0.15, 0.2) is 6.10 Å². The number of nitrogens with zero attached hydrogens (tertiary/aromatic N) is 2. The van der Waals surface area contributed by atoms with Gasteiger partial charge in [-0.1, -0.05) is 0 Å². The van der Waals surface area contributed by atoms with E-state index in [-0.39, 0.29) is 5.91 Å². The summed E-state index contributed by atoms with van der Waals surface area (Å²) in [5, 5.41) is 12.3. The molecule has 0 aliphatic carbocycles. The minimum absolute atomic E-state index is 0.202. The molecule has 5 heteroatoms. The van der Waals surface area contributed by atoms with Crippen LogP contribution < -0.4 is 15.0 Å². The molecule has 1 aliphatic rings. The Kier molecular flexibility index (Phi) is 3.11. The highest BCUT2D eigenvalue weighted by Crippen LogP contribution is 2.39. The van der Waals surface area contributed by atoms with Crippen LogP contribution in [0.5, 0.6) is 5.75 Å². The maximum Gasteiger partial charge on any atom is 0.269 e. The summed E-state index contributed by atoms with van der Waals surface area (Å²) < 4.78 is 5.59. The van der Waals surface area contributed by atoms with E-state index < -0.39 is 11.6 Å². The summed E-state index contributed by atoms with van der Waals surface area (Å²) in [6.45, 7) is 5.13. The maximum atomic E-state index is 12.3. The van der Waals surface area contributed by atoms with Gasteiger partial charge in [-0.2, -0.15) is 5.26 Å². The topological polar surface area (TPSA) is 65.4 Å². The van der Waals surface area contributed by atoms with Gasteiger partial charge in [-0.05, 0) is 39.0 Å². The van der Waals surface area contributed by atoms with Gasteiger partial charge in [0, 0.05) is 12.7 Å². The predicted molar refractivity (Wildman–Crippen MR) is 73.3 cm³/mol. The molecule has 0 spiro atoms. The molecule has 0 aromatic heterocycles. The number of nitrogens with one attached hydrogen (secondary N) is 1. The summed E-state index contributed by atoms with van der Waals surface area (Å²) >= 11 is 0. The van der Waals surface area contributed by atoms with E-state index in [0.717, 1.165) is 5.69 Å². The molecule has 0 saturated carbocycles. The van der Waals surface area contributed by atoms with Gasteiger partial charge < -0.3 is 10.1 Å². The summed E-state index contributed by atoms with van der Waals surface area (Å²) in [4.78, 5) is 13.8. The minimum atomic E-state index is -0.920. The Hall–Kier alpha value is -2.22. The molecule has 1 aromatic rings. The molecule has 1 unspecified atom stereocenters. The first-order chi connectivity index (χ1) is 8.90. The van der Waals surface area contributed by atoms with Crippen LogP contribution in [0.15, 0.2) is 18.2 Å². The van der Waals surface area contributed by atoms with Crippen LogP contribution in [0.2, 0.25) is 0 Å². The van der Waals surface area contributed by atoms with Crippen molar-refractivity contribution in [3.05, 3.63) is 18.2 Å². The van der Waals surface area contributed by atoms with Gasteiger partial charge in [0.1, 0.15) is 11.3 Å². The highest BCUT2D eigenvalue weighted by atomic mass is 16.5. The number of ether oxygens (including phenoxy) is 1. The van der Waals surface area contributed by atoms with Gasteiger partial charge in [0.05, 0.1) is 11.8 Å². The summed E-state index contributed by atoms with van der Waals surface area (Å²) in [5.74, 6) is 0.418. The van der Waals surface area contributed by atoms with E-state index >= 15 is 0 Å². The quantitative estimate of drug-likeness (QED) is 0.883. The first-order valence-electron chi connectivity index (χ1n) is 6.14. The third-order valence-corrected chi connectivity index (χ3v) is 3.19. The smallest absolute Gasteiger partial charge is 0.269 e. The Morgan fingerprint density at radius 3 is 2.74 bits per heavy atom. The molecule has 2 rings (SSSR count). The number of anilines is 2. The maximum absolute atomic E-state index is 12.3. The molecular weight excluding hydrogens is 242 g/mol. The molecule has 1 aromatic carbocycles. The molecule has 0 bridgehead atoms. The largest absolute Gasteiger partial charge is 0.479 e. The number of carbonyl (C=O) groups excluding carboxylic acids is 1. The highest BCUT2D eigenvalue weighted by molar-refractivity contribution is 6.02. The number of fused-ring (bicyclic) bond motifs is 1. The Morgan fingerprint density at radius 1 is 1.47 bits per heavy atom. The lowest BCUT2D eigenvalue weighted by Gasteiger charge is -2.39. The lowest BCUT2D eigenvalue weighted by atomic mass is 10.0. The molecule has 1 heterocycles. The Labute approximate surface area is 112 Å². The molecule has 1 amide bonds. The average molecular weight is 259 g/mol. The molecule has 100 valence electrons. The molecule has 0 radical (unpaired) electrons. The zero-order valence-electron chi connectivity index (χ0n) is 11.5. The van der Waals surface area contributed by atoms with E-state index in [1.165, 1.54) is 4.90 Å². The Bertz CT molecular complexity index is 560. The highest BCUT2D eigenvalue weighted by Gasteiger charge is 2.40. The van der Waals surface area contributed by atoms with Gasteiger partial charge in [-0.25, -0.2) is 0 Å². The molecule has 0 saturated heterocycles. The van der Waals surface area contributed by atoms with Crippen LogP contribution in [0.4, 0.5) is 11.4 Å². The molecule has 1 N–H and O–H groups in total. The second-order valence-corrected chi connectivity index (χ2v) is 5.04. The van der Waals surface area contributed by atoms with Crippen molar-refractivity contribution in [2.24, 2.45) is 0 Å². The second kappa shape index (κ2) is 4.47. The van der Waals surface area contributed by atoms with Crippen molar-refractivity contribution >= 4 is 17.3 Å². The Balaban J connectivity index is 2.61. The van der Waals surface area contributed by atoms with Crippen LogP contribution in [0, 0.1) is 11.3 Å². The van der Waals surface area contributed by atoms with Crippen molar-refractivity contribution in [2.45, 2.75) is 32.4 Å². The lowest BCUT2D eigenvalue weighted by molar-refractivity contribution is -0.126. The van der Waals surface area contributed by atoms with Gasteiger partial charge in [0.2, 0.25) is 0 Å². The summed E-state index contributed by atoms with van der Waals surface area (Å²) in [6, 6.07) is 7.67. The van der Waals surface area contributed by atoms with Crippen molar-refractivity contribution in [1.82, 2.24) is 0 Å². The molecule has 1 aliphatic heterocycles. The van der Waals surface area contributed by atoms with Crippen LogP contribution in [-0.2, 0) is 4.79 Å². The summed E-state index contributed by atoms with van der Waals surface area (Å²) in [7, 11) is 1.80. The van der Waals surface area contributed by atoms with Crippen molar-refractivity contribution in [1.29, 1.82) is 5.26 Å². The number of amides is 1. The molecule has 0 fully saturated rings. The van der Waals surface area contributed by atoms with Crippen LogP contribution in [0.3, 0.4) is 0 Å². The summed E-state index contributed by atoms with van der Waals surface area (Å²) in [6.07, 6.45) is -0.583. The van der Waals surface area contributed by atoms with Crippen molar-refractivity contribution in [2.75, 3.05) is 17.3 Å². The third kappa shape index (κ3) is 2.10. The van der Waals surface area contributed by atoms with Crippen molar-refractivity contribution in [3.63, 3.8) is 0 Å². The standard InChI is InChI=1S/C14H17N3O2/c1-9-13(18)17(14(2,3)8-15)11-7-10(16-4)5-6-12(11)19-9/h5-7,9,16H,1-4H3. The van der Waals surface area contributed by atoms with Gasteiger partial charge in [-0.15, -0.1) is 0 Å². The van der Waals surface area contributed by atoms with Crippen LogP contribution in [0.1, 0.15) is 20.8 Å².